The summed E-state index contributed by atoms with van der Waals surface area (Å²) in [5.74, 6) is 0.267. The normalized spacial score (nSPS) is 13.0. The molecule has 1 unspecified atom stereocenters. The monoisotopic (exact) mass is 225 g/mol. The lowest BCUT2D eigenvalue weighted by molar-refractivity contribution is 0.0419. The van der Waals surface area contributed by atoms with Crippen LogP contribution >= 0.6 is 0 Å². The van der Waals surface area contributed by atoms with Gasteiger partial charge in [0.1, 0.15) is 5.75 Å². The lowest BCUT2D eigenvalue weighted by Crippen LogP contribution is -2.31. The highest BCUT2D eigenvalue weighted by Crippen LogP contribution is 2.12. The van der Waals surface area contributed by atoms with Crippen LogP contribution in [-0.2, 0) is 11.3 Å². The molecule has 1 rings (SSSR count). The van der Waals surface area contributed by atoms with Gasteiger partial charge in [-0.25, -0.2) is 0 Å². The molecule has 16 heavy (non-hydrogen) atoms. The van der Waals surface area contributed by atoms with E-state index in [2.05, 4.69) is 0 Å². The first-order valence-corrected chi connectivity index (χ1v) is 5.25. The molecule has 0 aliphatic carbocycles. The first-order chi connectivity index (χ1) is 7.61. The van der Waals surface area contributed by atoms with E-state index >= 15 is 0 Å². The van der Waals surface area contributed by atoms with Gasteiger partial charge in [-0.3, -0.25) is 4.90 Å². The van der Waals surface area contributed by atoms with Crippen molar-refractivity contribution < 1.29 is 14.9 Å². The first-order valence-electron chi connectivity index (χ1n) is 5.25. The van der Waals surface area contributed by atoms with E-state index in [1.165, 1.54) is 0 Å². The number of likely N-dealkylation sites (N-methyl/N-ethyl adjacent to an activating group) is 1. The Morgan fingerprint density at radius 2 is 2.19 bits per heavy atom. The van der Waals surface area contributed by atoms with Crippen LogP contribution in [0.25, 0.3) is 0 Å². The van der Waals surface area contributed by atoms with Gasteiger partial charge in [0.15, 0.2) is 0 Å². The summed E-state index contributed by atoms with van der Waals surface area (Å²) in [6.07, 6.45) is -0.479. The van der Waals surface area contributed by atoms with Gasteiger partial charge in [-0.1, -0.05) is 12.1 Å². The Balaban J connectivity index is 2.42. The Hall–Kier alpha value is -1.10. The number of methoxy groups -OCH3 is 1. The number of ether oxygens (including phenoxy) is 1. The van der Waals surface area contributed by atoms with Gasteiger partial charge in [-0.2, -0.15) is 0 Å². The van der Waals surface area contributed by atoms with Crippen molar-refractivity contribution in [2.24, 2.45) is 0 Å². The number of aliphatic hydroxyl groups excluding tert-OH is 1. The van der Waals surface area contributed by atoms with Crippen LogP contribution in [0.2, 0.25) is 0 Å². The molecule has 4 nitrogen and oxygen atoms in total. The molecule has 4 heteroatoms. The predicted molar refractivity (Wildman–Crippen MR) is 62.3 cm³/mol. The van der Waals surface area contributed by atoms with E-state index in [1.54, 1.807) is 19.2 Å². The van der Waals surface area contributed by atoms with Crippen molar-refractivity contribution in [3.05, 3.63) is 29.8 Å². The average Bonchev–Trinajstić information content (AvgIpc) is 2.17. The standard InChI is InChI=1S/C12H19NO3/c1-13(8-12(15)9-16-2)7-10-4-3-5-11(14)6-10/h3-6,12,14-15H,7-9H2,1-2H3. The third-order valence-electron chi connectivity index (χ3n) is 2.24. The van der Waals surface area contributed by atoms with Crippen LogP contribution in [0.4, 0.5) is 0 Å². The number of phenolic OH excluding ortho intramolecular Hbond substituents is 1. The Morgan fingerprint density at radius 1 is 1.44 bits per heavy atom. The number of aliphatic hydroxyl groups is 1. The summed E-state index contributed by atoms with van der Waals surface area (Å²) in [6.45, 7) is 1.57. The number of aromatic hydroxyl groups is 1. The van der Waals surface area contributed by atoms with Gasteiger partial charge in [0.25, 0.3) is 0 Å². The van der Waals surface area contributed by atoms with Gasteiger partial charge < -0.3 is 14.9 Å². The quantitative estimate of drug-likeness (QED) is 0.753. The van der Waals surface area contributed by atoms with Crippen molar-refractivity contribution in [3.63, 3.8) is 0 Å². The summed E-state index contributed by atoms with van der Waals surface area (Å²) in [6, 6.07) is 7.12. The molecule has 2 N–H and O–H groups in total. The minimum atomic E-state index is -0.479. The van der Waals surface area contributed by atoms with Gasteiger partial charge in [0.05, 0.1) is 12.7 Å². The molecule has 0 aromatic heterocycles. The zero-order valence-electron chi connectivity index (χ0n) is 9.76. The number of hydrogen-bond acceptors (Lipinski definition) is 4. The summed E-state index contributed by atoms with van der Waals surface area (Å²) in [5, 5.41) is 18.8. The van der Waals surface area contributed by atoms with Crippen molar-refractivity contribution in [3.8, 4) is 5.75 Å². The predicted octanol–water partition coefficient (Wildman–Crippen LogP) is 0.831. The van der Waals surface area contributed by atoms with Gasteiger partial charge in [-0.15, -0.1) is 0 Å². The highest BCUT2D eigenvalue weighted by molar-refractivity contribution is 5.26. The van der Waals surface area contributed by atoms with Crippen molar-refractivity contribution in [2.75, 3.05) is 27.3 Å². The van der Waals surface area contributed by atoms with Crippen molar-refractivity contribution in [2.45, 2.75) is 12.6 Å². The zero-order valence-corrected chi connectivity index (χ0v) is 9.76. The number of benzene rings is 1. The zero-order chi connectivity index (χ0) is 12.0. The molecular formula is C12H19NO3. The van der Waals surface area contributed by atoms with E-state index in [1.807, 2.05) is 24.1 Å². The third kappa shape index (κ3) is 4.61. The molecule has 0 heterocycles. The fourth-order valence-electron chi connectivity index (χ4n) is 1.64. The van der Waals surface area contributed by atoms with Crippen LogP contribution < -0.4 is 0 Å². The average molecular weight is 225 g/mol. The smallest absolute Gasteiger partial charge is 0.115 e. The van der Waals surface area contributed by atoms with Gasteiger partial charge in [-0.05, 0) is 24.7 Å². The number of hydrogen-bond donors (Lipinski definition) is 2. The second-order valence-electron chi connectivity index (χ2n) is 3.98. The second-order valence-corrected chi connectivity index (χ2v) is 3.98. The Morgan fingerprint density at radius 3 is 2.81 bits per heavy atom. The molecule has 1 aromatic rings. The fraction of sp³-hybridized carbons (Fsp3) is 0.500. The van der Waals surface area contributed by atoms with Gasteiger partial charge in [0.2, 0.25) is 0 Å². The Bertz CT molecular complexity index is 317. The van der Waals surface area contributed by atoms with Crippen LogP contribution in [-0.4, -0.2) is 48.5 Å². The molecule has 0 aliphatic rings. The summed E-state index contributed by atoms with van der Waals surface area (Å²) < 4.78 is 4.86. The van der Waals surface area contributed by atoms with E-state index in [-0.39, 0.29) is 5.75 Å². The molecule has 0 spiro atoms. The minimum absolute atomic E-state index is 0.267. The molecule has 1 atom stereocenters. The van der Waals surface area contributed by atoms with Crippen LogP contribution in [0, 0.1) is 0 Å². The number of phenols is 1. The van der Waals surface area contributed by atoms with Gasteiger partial charge in [0, 0.05) is 20.2 Å². The molecule has 0 radical (unpaired) electrons. The maximum atomic E-state index is 9.54. The molecule has 1 aromatic carbocycles. The molecule has 0 saturated heterocycles. The Kier molecular flexibility index (Phi) is 5.25. The van der Waals surface area contributed by atoms with Crippen LogP contribution in [0.5, 0.6) is 5.75 Å². The van der Waals surface area contributed by atoms with Crippen molar-refractivity contribution in [1.82, 2.24) is 4.90 Å². The maximum Gasteiger partial charge on any atom is 0.115 e. The topological polar surface area (TPSA) is 52.9 Å². The molecular weight excluding hydrogens is 206 g/mol. The van der Waals surface area contributed by atoms with Crippen LogP contribution in [0.1, 0.15) is 5.56 Å². The van der Waals surface area contributed by atoms with Crippen LogP contribution in [0.3, 0.4) is 0 Å². The van der Waals surface area contributed by atoms with Crippen molar-refractivity contribution in [1.29, 1.82) is 0 Å². The second kappa shape index (κ2) is 6.48. The molecule has 0 saturated carbocycles. The lowest BCUT2D eigenvalue weighted by atomic mass is 10.2. The van der Waals surface area contributed by atoms with Crippen LogP contribution in [0.15, 0.2) is 24.3 Å². The molecule has 90 valence electrons. The molecule has 0 amide bonds. The maximum absolute atomic E-state index is 9.54. The first kappa shape index (κ1) is 13.0. The lowest BCUT2D eigenvalue weighted by Gasteiger charge is -2.20. The largest absolute Gasteiger partial charge is 0.508 e. The fourth-order valence-corrected chi connectivity index (χ4v) is 1.64. The van der Waals surface area contributed by atoms with E-state index in [0.717, 1.165) is 5.56 Å². The molecule has 0 aliphatic heterocycles. The molecule has 0 fully saturated rings. The minimum Gasteiger partial charge on any atom is -0.508 e. The van der Waals surface area contributed by atoms with E-state index < -0.39 is 6.10 Å². The summed E-state index contributed by atoms with van der Waals surface area (Å²) in [4.78, 5) is 1.98. The Labute approximate surface area is 96.1 Å². The number of rotatable bonds is 6. The molecule has 0 bridgehead atoms. The highest BCUT2D eigenvalue weighted by atomic mass is 16.5. The SMILES string of the molecule is COCC(O)CN(C)Cc1cccc(O)c1. The van der Waals surface area contributed by atoms with Gasteiger partial charge >= 0.3 is 0 Å². The summed E-state index contributed by atoms with van der Waals surface area (Å²) in [7, 11) is 3.49. The van der Waals surface area contributed by atoms with Crippen molar-refractivity contribution >= 4 is 0 Å². The van der Waals surface area contributed by atoms with E-state index in [0.29, 0.717) is 19.7 Å². The highest BCUT2D eigenvalue weighted by Gasteiger charge is 2.08. The third-order valence-corrected chi connectivity index (χ3v) is 2.24. The summed E-state index contributed by atoms with van der Waals surface area (Å²) >= 11 is 0. The number of nitrogens with zero attached hydrogens (tertiary/aromatic N) is 1. The van der Waals surface area contributed by atoms with E-state index in [9.17, 15) is 10.2 Å². The summed E-state index contributed by atoms with van der Waals surface area (Å²) in [5.41, 5.74) is 1.02. The van der Waals surface area contributed by atoms with E-state index in [4.69, 9.17) is 4.74 Å².